The molecule has 0 fully saturated rings. The van der Waals surface area contributed by atoms with Gasteiger partial charge in [-0.15, -0.1) is 0 Å². The molecule has 0 aromatic rings. The first-order valence-electron chi connectivity index (χ1n) is 35.1. The fourth-order valence-electron chi connectivity index (χ4n) is 10.2. The maximum absolute atomic E-state index is 13.0. The Morgan fingerprint density at radius 3 is 0.753 bits per heavy atom. The summed E-state index contributed by atoms with van der Waals surface area (Å²) in [6.07, 6.45) is 91.8. The van der Waals surface area contributed by atoms with Crippen LogP contribution in [0, 0.1) is 0 Å². The van der Waals surface area contributed by atoms with Gasteiger partial charge in [-0.25, -0.2) is 0 Å². The highest BCUT2D eigenvalue weighted by Crippen LogP contribution is 2.18. The molecule has 0 saturated carbocycles. The molecule has 1 unspecified atom stereocenters. The van der Waals surface area contributed by atoms with E-state index in [-0.39, 0.29) is 37.5 Å². The minimum absolute atomic E-state index is 0.0897. The minimum atomic E-state index is -0.799. The van der Waals surface area contributed by atoms with Crippen LogP contribution >= 0.6 is 0 Å². The molecule has 0 bridgehead atoms. The summed E-state index contributed by atoms with van der Waals surface area (Å²) in [4.78, 5) is 38.5. The van der Waals surface area contributed by atoms with E-state index in [1.54, 1.807) is 0 Å². The van der Waals surface area contributed by atoms with E-state index in [1.165, 1.54) is 218 Å². The fraction of sp³-hybridized carbons (Fsp3) is 0.773. The molecule has 468 valence electrons. The van der Waals surface area contributed by atoms with Crippen LogP contribution in [0.15, 0.2) is 85.1 Å². The van der Waals surface area contributed by atoms with Crippen molar-refractivity contribution in [3.8, 4) is 0 Å². The topological polar surface area (TPSA) is 78.9 Å². The smallest absolute Gasteiger partial charge is 0.306 e. The van der Waals surface area contributed by atoms with Crippen molar-refractivity contribution in [1.82, 2.24) is 0 Å². The molecule has 6 nitrogen and oxygen atoms in total. The second kappa shape index (κ2) is 69.1. The normalized spacial score (nSPS) is 12.6. The highest BCUT2D eigenvalue weighted by molar-refractivity contribution is 5.71. The molecule has 0 spiro atoms. The molecule has 0 aromatic carbocycles. The lowest BCUT2D eigenvalue weighted by Crippen LogP contribution is -2.30. The van der Waals surface area contributed by atoms with E-state index in [0.29, 0.717) is 19.3 Å². The molecular weight excluding hydrogens is 997 g/mol. The number of unbranched alkanes of at least 4 members (excludes halogenated alkanes) is 39. The first-order chi connectivity index (χ1) is 40.0. The third-order valence-electron chi connectivity index (χ3n) is 15.4. The first-order valence-corrected chi connectivity index (χ1v) is 35.1. The quantitative estimate of drug-likeness (QED) is 0.0261. The van der Waals surface area contributed by atoms with Crippen LogP contribution in [0.3, 0.4) is 0 Å². The Balaban J connectivity index is 4.43. The van der Waals surface area contributed by atoms with Crippen LogP contribution in [0.4, 0.5) is 0 Å². The van der Waals surface area contributed by atoms with Crippen molar-refractivity contribution in [2.75, 3.05) is 13.2 Å². The van der Waals surface area contributed by atoms with Gasteiger partial charge in [-0.3, -0.25) is 14.4 Å². The van der Waals surface area contributed by atoms with Crippen molar-refractivity contribution in [3.05, 3.63) is 85.1 Å². The zero-order chi connectivity index (χ0) is 58.5. The number of hydrogen-bond donors (Lipinski definition) is 0. The molecule has 1 atom stereocenters. The van der Waals surface area contributed by atoms with Gasteiger partial charge in [0.05, 0.1) is 0 Å². The molecule has 0 heterocycles. The number of ether oxygens (including phenoxy) is 3. The Kier molecular flexibility index (Phi) is 66.2. The van der Waals surface area contributed by atoms with E-state index in [1.807, 2.05) is 0 Å². The molecule has 0 N–H and O–H groups in total. The summed E-state index contributed by atoms with van der Waals surface area (Å²) in [7, 11) is 0. The second-order valence-electron chi connectivity index (χ2n) is 23.4. The van der Waals surface area contributed by atoms with Crippen LogP contribution in [0.5, 0.6) is 0 Å². The van der Waals surface area contributed by atoms with E-state index in [4.69, 9.17) is 14.2 Å². The average molecular weight is 1130 g/mol. The number of esters is 3. The first kappa shape index (κ1) is 77.6. The lowest BCUT2D eigenvalue weighted by molar-refractivity contribution is -0.167. The lowest BCUT2D eigenvalue weighted by atomic mass is 10.0. The minimum Gasteiger partial charge on any atom is -0.462 e. The molecule has 0 saturated heterocycles. The lowest BCUT2D eigenvalue weighted by Gasteiger charge is -2.18. The van der Waals surface area contributed by atoms with Crippen molar-refractivity contribution < 1.29 is 28.6 Å². The summed E-state index contributed by atoms with van der Waals surface area (Å²) in [6.45, 7) is 6.54. The highest BCUT2D eigenvalue weighted by Gasteiger charge is 2.19. The van der Waals surface area contributed by atoms with Crippen LogP contribution in [-0.4, -0.2) is 37.2 Å². The summed E-state index contributed by atoms with van der Waals surface area (Å²) >= 11 is 0. The summed E-state index contributed by atoms with van der Waals surface area (Å²) < 4.78 is 17.0. The van der Waals surface area contributed by atoms with Gasteiger partial charge in [0, 0.05) is 19.3 Å². The van der Waals surface area contributed by atoms with Crippen molar-refractivity contribution >= 4 is 17.9 Å². The molecular formula is C75H132O6. The van der Waals surface area contributed by atoms with Gasteiger partial charge in [0.25, 0.3) is 0 Å². The van der Waals surface area contributed by atoms with E-state index < -0.39 is 6.10 Å². The molecule has 0 amide bonds. The maximum Gasteiger partial charge on any atom is 0.306 e. The maximum atomic E-state index is 13.0. The van der Waals surface area contributed by atoms with Crippen LogP contribution in [-0.2, 0) is 28.6 Å². The van der Waals surface area contributed by atoms with Gasteiger partial charge < -0.3 is 14.2 Å². The number of carbonyl (C=O) groups excluding carboxylic acids is 3. The third-order valence-corrected chi connectivity index (χ3v) is 15.4. The van der Waals surface area contributed by atoms with Gasteiger partial charge in [-0.1, -0.05) is 350 Å². The Morgan fingerprint density at radius 2 is 0.481 bits per heavy atom. The molecule has 0 aliphatic heterocycles. The Hall–Kier alpha value is -3.41. The molecule has 0 radical (unpaired) electrons. The van der Waals surface area contributed by atoms with Gasteiger partial charge in [0.2, 0.25) is 0 Å². The summed E-state index contributed by atoms with van der Waals surface area (Å²) in [6, 6.07) is 0. The third kappa shape index (κ3) is 67.3. The van der Waals surface area contributed by atoms with Gasteiger partial charge in [-0.2, -0.15) is 0 Å². The number of allylic oxidation sites excluding steroid dienone is 14. The van der Waals surface area contributed by atoms with Crippen molar-refractivity contribution in [3.63, 3.8) is 0 Å². The Morgan fingerprint density at radius 1 is 0.259 bits per heavy atom. The van der Waals surface area contributed by atoms with Crippen LogP contribution in [0.25, 0.3) is 0 Å². The molecule has 0 aliphatic rings. The number of rotatable bonds is 64. The standard InChI is InChI=1S/C75H132O6/c1-4-7-10-13-16-19-22-25-28-31-34-36-38-40-41-44-47-50-53-56-59-62-65-68-74(77)80-71-72(70-79-73(76)67-64-61-58-55-52-49-46-43-33-30-27-24-21-18-15-12-9-6-3)81-75(78)69-66-63-60-57-54-51-48-45-42-39-37-35-32-29-26-23-20-17-14-11-8-5-2/h7,10,16,19,25,28,34,36,40-41,47,50,56,59,72H,4-6,8-9,11-15,17-18,20-24,26-27,29-33,35,37-39,42-46,48-49,51-55,57-58,60-71H2,1-3H3/b10-7-,19-16-,28-25-,36-34-,41-40-,50-47-,59-56-. The Bertz CT molecular complexity index is 1530. The fourth-order valence-corrected chi connectivity index (χ4v) is 10.2. The number of carbonyl (C=O) groups is 3. The van der Waals surface area contributed by atoms with Gasteiger partial charge >= 0.3 is 17.9 Å². The van der Waals surface area contributed by atoms with E-state index in [2.05, 4.69) is 106 Å². The highest BCUT2D eigenvalue weighted by atomic mass is 16.6. The molecule has 0 rings (SSSR count). The monoisotopic (exact) mass is 1130 g/mol. The molecule has 0 aliphatic carbocycles. The van der Waals surface area contributed by atoms with Crippen molar-refractivity contribution in [1.29, 1.82) is 0 Å². The summed E-state index contributed by atoms with van der Waals surface area (Å²) in [5.41, 5.74) is 0. The zero-order valence-corrected chi connectivity index (χ0v) is 53.8. The van der Waals surface area contributed by atoms with Crippen molar-refractivity contribution in [2.45, 2.75) is 361 Å². The van der Waals surface area contributed by atoms with Crippen molar-refractivity contribution in [2.24, 2.45) is 0 Å². The number of hydrogen-bond acceptors (Lipinski definition) is 6. The molecule has 81 heavy (non-hydrogen) atoms. The zero-order valence-electron chi connectivity index (χ0n) is 53.8. The van der Waals surface area contributed by atoms with Crippen LogP contribution < -0.4 is 0 Å². The predicted octanol–water partition coefficient (Wildman–Crippen LogP) is 24.2. The summed E-state index contributed by atoms with van der Waals surface area (Å²) in [5.74, 6) is -0.929. The summed E-state index contributed by atoms with van der Waals surface area (Å²) in [5, 5.41) is 0. The van der Waals surface area contributed by atoms with E-state index in [9.17, 15) is 14.4 Å². The van der Waals surface area contributed by atoms with Crippen LogP contribution in [0.2, 0.25) is 0 Å². The van der Waals surface area contributed by atoms with E-state index >= 15 is 0 Å². The Labute approximate surface area is 503 Å². The largest absolute Gasteiger partial charge is 0.462 e. The van der Waals surface area contributed by atoms with Crippen LogP contribution in [0.1, 0.15) is 355 Å². The molecule has 6 heteroatoms. The van der Waals surface area contributed by atoms with Gasteiger partial charge in [0.15, 0.2) is 6.10 Å². The van der Waals surface area contributed by atoms with Gasteiger partial charge in [0.1, 0.15) is 13.2 Å². The SMILES string of the molecule is CC/C=C\C/C=C\C/C=C\C/C=C\C/C=C\C/C=C\C/C=C\CCCC(=O)OCC(COC(=O)CCCCCCCCCCCCCCCCCCCC)OC(=O)CCCCCCCCCCCCCCCCCCCCCCCC. The second-order valence-corrected chi connectivity index (χ2v) is 23.4. The van der Waals surface area contributed by atoms with Gasteiger partial charge in [-0.05, 0) is 70.6 Å². The predicted molar refractivity (Wildman–Crippen MR) is 353 cm³/mol. The van der Waals surface area contributed by atoms with E-state index in [0.717, 1.165) is 89.9 Å². The average Bonchev–Trinajstić information content (AvgIpc) is 3.47. The molecule has 0 aromatic heterocycles.